The molecule has 0 bridgehead atoms. The minimum atomic E-state index is 0.201. The molecule has 1 atom stereocenters. The minimum absolute atomic E-state index is 0.201. The maximum Gasteiger partial charge on any atom is 0.0417 e. The molecule has 0 amide bonds. The van der Waals surface area contributed by atoms with Crippen molar-refractivity contribution in [1.82, 2.24) is 5.32 Å². The lowest BCUT2D eigenvalue weighted by Gasteiger charge is -2.21. The van der Waals surface area contributed by atoms with Crippen molar-refractivity contribution in [2.75, 3.05) is 5.75 Å². The maximum atomic E-state index is 3.74. The van der Waals surface area contributed by atoms with Gasteiger partial charge in [0.2, 0.25) is 0 Å². The SMILES string of the molecule is CC(C)(C)c1ccc(SCC(NCc2ccccc2)c2ccccc2)cc1. The molecule has 3 rings (SSSR count). The van der Waals surface area contributed by atoms with Gasteiger partial charge < -0.3 is 5.32 Å². The molecule has 3 aromatic rings. The Morgan fingerprint density at radius 2 is 1.37 bits per heavy atom. The summed E-state index contributed by atoms with van der Waals surface area (Å²) in [5, 5.41) is 3.74. The third-order valence-corrected chi connectivity index (χ3v) is 5.84. The van der Waals surface area contributed by atoms with Crippen LogP contribution >= 0.6 is 11.8 Å². The largest absolute Gasteiger partial charge is 0.305 e. The lowest BCUT2D eigenvalue weighted by Crippen LogP contribution is -2.23. The fraction of sp³-hybridized carbons (Fsp3) is 0.280. The highest BCUT2D eigenvalue weighted by atomic mass is 32.2. The number of rotatable bonds is 7. The van der Waals surface area contributed by atoms with Crippen molar-refractivity contribution in [2.24, 2.45) is 0 Å². The van der Waals surface area contributed by atoms with Crippen LogP contribution in [0.2, 0.25) is 0 Å². The normalized spacial score (nSPS) is 12.7. The highest BCUT2D eigenvalue weighted by molar-refractivity contribution is 7.99. The first-order chi connectivity index (χ1) is 13.0. The minimum Gasteiger partial charge on any atom is -0.305 e. The Morgan fingerprint density at radius 3 is 1.96 bits per heavy atom. The van der Waals surface area contributed by atoms with Crippen molar-refractivity contribution >= 4 is 11.8 Å². The molecule has 0 saturated carbocycles. The Hall–Kier alpha value is -2.03. The summed E-state index contributed by atoms with van der Waals surface area (Å²) < 4.78 is 0. The first-order valence-corrected chi connectivity index (χ1v) is 10.6. The zero-order valence-electron chi connectivity index (χ0n) is 16.5. The third kappa shape index (κ3) is 5.98. The summed E-state index contributed by atoms with van der Waals surface area (Å²) in [7, 11) is 0. The summed E-state index contributed by atoms with van der Waals surface area (Å²) in [6.45, 7) is 7.65. The number of benzene rings is 3. The van der Waals surface area contributed by atoms with Crippen LogP contribution < -0.4 is 5.32 Å². The Balaban J connectivity index is 1.66. The van der Waals surface area contributed by atoms with E-state index < -0.39 is 0 Å². The second-order valence-corrected chi connectivity index (χ2v) is 9.01. The fourth-order valence-corrected chi connectivity index (χ4v) is 4.02. The molecule has 27 heavy (non-hydrogen) atoms. The van der Waals surface area contributed by atoms with Crippen LogP contribution in [0.5, 0.6) is 0 Å². The van der Waals surface area contributed by atoms with Crippen LogP contribution in [0.1, 0.15) is 43.5 Å². The molecule has 0 aliphatic heterocycles. The van der Waals surface area contributed by atoms with E-state index in [0.717, 1.165) is 12.3 Å². The standard InChI is InChI=1S/C25H29NS/c1-25(2,3)22-14-16-23(17-15-22)27-19-24(21-12-8-5-9-13-21)26-18-20-10-6-4-7-11-20/h4-17,24,26H,18-19H2,1-3H3. The Kier molecular flexibility index (Phi) is 6.76. The Bertz CT molecular complexity index is 804. The van der Waals surface area contributed by atoms with Crippen molar-refractivity contribution < 1.29 is 0 Å². The van der Waals surface area contributed by atoms with Gasteiger partial charge in [-0.05, 0) is 34.2 Å². The van der Waals surface area contributed by atoms with Gasteiger partial charge in [0.25, 0.3) is 0 Å². The molecule has 140 valence electrons. The van der Waals surface area contributed by atoms with Crippen molar-refractivity contribution in [1.29, 1.82) is 0 Å². The van der Waals surface area contributed by atoms with Crippen LogP contribution in [-0.4, -0.2) is 5.75 Å². The maximum absolute atomic E-state index is 3.74. The molecular formula is C25H29NS. The molecule has 0 saturated heterocycles. The number of hydrogen-bond acceptors (Lipinski definition) is 2. The van der Waals surface area contributed by atoms with E-state index in [1.807, 2.05) is 11.8 Å². The van der Waals surface area contributed by atoms with Gasteiger partial charge in [-0.15, -0.1) is 11.8 Å². The number of hydrogen-bond donors (Lipinski definition) is 1. The molecule has 2 heteroatoms. The summed E-state index contributed by atoms with van der Waals surface area (Å²) >= 11 is 1.92. The van der Waals surface area contributed by atoms with E-state index in [2.05, 4.69) is 111 Å². The van der Waals surface area contributed by atoms with Crippen molar-refractivity contribution in [2.45, 2.75) is 43.7 Å². The van der Waals surface area contributed by atoms with E-state index in [4.69, 9.17) is 0 Å². The number of nitrogens with one attached hydrogen (secondary N) is 1. The lowest BCUT2D eigenvalue weighted by molar-refractivity contribution is 0.582. The monoisotopic (exact) mass is 375 g/mol. The zero-order chi connectivity index (χ0) is 19.1. The topological polar surface area (TPSA) is 12.0 Å². The predicted octanol–water partition coefficient (Wildman–Crippen LogP) is 6.61. The molecule has 0 heterocycles. The zero-order valence-corrected chi connectivity index (χ0v) is 17.3. The molecule has 0 aliphatic rings. The van der Waals surface area contributed by atoms with E-state index in [1.54, 1.807) is 0 Å². The van der Waals surface area contributed by atoms with Gasteiger partial charge in [0.1, 0.15) is 0 Å². The average Bonchev–Trinajstić information content (AvgIpc) is 2.69. The third-order valence-electron chi connectivity index (χ3n) is 4.73. The molecule has 1 unspecified atom stereocenters. The van der Waals surface area contributed by atoms with Gasteiger partial charge in [0.05, 0.1) is 0 Å². The molecule has 0 radical (unpaired) electrons. The van der Waals surface area contributed by atoms with Crippen molar-refractivity contribution in [3.05, 3.63) is 102 Å². The van der Waals surface area contributed by atoms with Gasteiger partial charge in [0, 0.05) is 23.2 Å². The highest BCUT2D eigenvalue weighted by Crippen LogP contribution is 2.28. The average molecular weight is 376 g/mol. The molecular weight excluding hydrogens is 346 g/mol. The van der Waals surface area contributed by atoms with E-state index in [1.165, 1.54) is 21.6 Å². The molecule has 0 aliphatic carbocycles. The van der Waals surface area contributed by atoms with Crippen LogP contribution in [-0.2, 0) is 12.0 Å². The smallest absolute Gasteiger partial charge is 0.0417 e. The van der Waals surface area contributed by atoms with Crippen LogP contribution in [0.3, 0.4) is 0 Å². The van der Waals surface area contributed by atoms with E-state index in [0.29, 0.717) is 6.04 Å². The first-order valence-electron chi connectivity index (χ1n) is 9.58. The molecule has 1 N–H and O–H groups in total. The molecule has 3 aromatic carbocycles. The summed E-state index contributed by atoms with van der Waals surface area (Å²) in [6.07, 6.45) is 0. The van der Waals surface area contributed by atoms with Crippen molar-refractivity contribution in [3.63, 3.8) is 0 Å². The van der Waals surface area contributed by atoms with E-state index >= 15 is 0 Å². The molecule has 1 nitrogen and oxygen atoms in total. The van der Waals surface area contributed by atoms with Crippen LogP contribution in [0.15, 0.2) is 89.8 Å². The van der Waals surface area contributed by atoms with Crippen LogP contribution in [0, 0.1) is 0 Å². The Labute approximate surface area is 168 Å². The lowest BCUT2D eigenvalue weighted by atomic mass is 9.87. The van der Waals surface area contributed by atoms with Gasteiger partial charge in [-0.25, -0.2) is 0 Å². The summed E-state index contributed by atoms with van der Waals surface area (Å²) in [5.74, 6) is 1.01. The molecule has 0 aromatic heterocycles. The van der Waals surface area contributed by atoms with Gasteiger partial charge in [-0.2, -0.15) is 0 Å². The van der Waals surface area contributed by atoms with Crippen molar-refractivity contribution in [3.8, 4) is 0 Å². The van der Waals surface area contributed by atoms with Gasteiger partial charge in [-0.3, -0.25) is 0 Å². The number of thioether (sulfide) groups is 1. The fourth-order valence-electron chi connectivity index (χ4n) is 3.03. The van der Waals surface area contributed by atoms with Gasteiger partial charge >= 0.3 is 0 Å². The first kappa shape index (κ1) is 19.7. The summed E-state index contributed by atoms with van der Waals surface area (Å²) in [6, 6.07) is 30.7. The second-order valence-electron chi connectivity index (χ2n) is 7.92. The van der Waals surface area contributed by atoms with Crippen LogP contribution in [0.25, 0.3) is 0 Å². The molecule has 0 spiro atoms. The van der Waals surface area contributed by atoms with Crippen LogP contribution in [0.4, 0.5) is 0 Å². The second kappa shape index (κ2) is 9.25. The molecule has 0 fully saturated rings. The summed E-state index contributed by atoms with van der Waals surface area (Å²) in [4.78, 5) is 1.32. The van der Waals surface area contributed by atoms with Gasteiger partial charge in [0.15, 0.2) is 0 Å². The highest BCUT2D eigenvalue weighted by Gasteiger charge is 2.14. The van der Waals surface area contributed by atoms with E-state index in [9.17, 15) is 0 Å². The Morgan fingerprint density at radius 1 is 0.778 bits per heavy atom. The van der Waals surface area contributed by atoms with E-state index in [-0.39, 0.29) is 5.41 Å². The predicted molar refractivity (Wildman–Crippen MR) is 118 cm³/mol. The summed E-state index contributed by atoms with van der Waals surface area (Å²) in [5.41, 5.74) is 4.24. The van der Waals surface area contributed by atoms with Gasteiger partial charge in [-0.1, -0.05) is 93.6 Å². The quantitative estimate of drug-likeness (QED) is 0.466.